The van der Waals surface area contributed by atoms with E-state index in [-0.39, 0.29) is 17.5 Å². The zero-order valence-electron chi connectivity index (χ0n) is 17.7. The van der Waals surface area contributed by atoms with Crippen LogP contribution in [0.3, 0.4) is 0 Å². The number of benzene rings is 2. The minimum absolute atomic E-state index is 0.212. The smallest absolute Gasteiger partial charge is 0.278 e. The third-order valence-electron chi connectivity index (χ3n) is 4.74. The van der Waals surface area contributed by atoms with Gasteiger partial charge in [-0.25, -0.2) is 0 Å². The molecule has 2 amide bonds. The Hall–Kier alpha value is -3.48. The van der Waals surface area contributed by atoms with E-state index < -0.39 is 0 Å². The van der Waals surface area contributed by atoms with Gasteiger partial charge in [0.2, 0.25) is 0 Å². The molecule has 0 spiro atoms. The molecular formula is C23H26N2O5. The van der Waals surface area contributed by atoms with Gasteiger partial charge in [-0.2, -0.15) is 0 Å². The number of methoxy groups -OCH3 is 2. The Bertz CT molecular complexity index is 966. The summed E-state index contributed by atoms with van der Waals surface area (Å²) < 4.78 is 16.2. The van der Waals surface area contributed by atoms with E-state index in [2.05, 4.69) is 5.32 Å². The van der Waals surface area contributed by atoms with E-state index in [0.29, 0.717) is 53.6 Å². The summed E-state index contributed by atoms with van der Waals surface area (Å²) in [6.45, 7) is 4.72. The molecule has 0 saturated carbocycles. The normalized spacial score (nSPS) is 13.7. The van der Waals surface area contributed by atoms with Crippen LogP contribution in [0.15, 0.2) is 48.2 Å². The van der Waals surface area contributed by atoms with Gasteiger partial charge in [0.15, 0.2) is 0 Å². The highest BCUT2D eigenvalue weighted by Crippen LogP contribution is 2.35. The highest BCUT2D eigenvalue weighted by atomic mass is 16.5. The van der Waals surface area contributed by atoms with Crippen molar-refractivity contribution in [1.82, 2.24) is 4.90 Å². The van der Waals surface area contributed by atoms with Gasteiger partial charge < -0.3 is 19.5 Å². The Morgan fingerprint density at radius 2 is 1.60 bits per heavy atom. The fourth-order valence-corrected chi connectivity index (χ4v) is 3.32. The largest absolute Gasteiger partial charge is 0.497 e. The van der Waals surface area contributed by atoms with E-state index in [4.69, 9.17) is 14.2 Å². The van der Waals surface area contributed by atoms with Crippen molar-refractivity contribution in [3.05, 3.63) is 53.7 Å². The topological polar surface area (TPSA) is 77.1 Å². The predicted octanol–water partition coefficient (Wildman–Crippen LogP) is 3.70. The van der Waals surface area contributed by atoms with Crippen LogP contribution in [0.2, 0.25) is 0 Å². The molecule has 0 atom stereocenters. The third kappa shape index (κ3) is 4.10. The van der Waals surface area contributed by atoms with Crippen LogP contribution in [0, 0.1) is 0 Å². The molecule has 7 nitrogen and oxygen atoms in total. The van der Waals surface area contributed by atoms with Crippen LogP contribution < -0.4 is 19.5 Å². The molecule has 0 saturated heterocycles. The summed E-state index contributed by atoms with van der Waals surface area (Å²) in [5, 5.41) is 3.12. The van der Waals surface area contributed by atoms with E-state index in [1.165, 1.54) is 4.90 Å². The number of amides is 2. The standard InChI is InChI=1S/C23H26N2O5/c1-5-13-25-22(26)20(15-7-9-16(10-8-15)30-6-2)21(23(25)27)24-18-14-17(28-3)11-12-19(18)29-4/h7-12,14,24H,5-6,13H2,1-4H3. The van der Waals surface area contributed by atoms with Crippen molar-refractivity contribution in [3.63, 3.8) is 0 Å². The van der Waals surface area contributed by atoms with Crippen LogP contribution >= 0.6 is 0 Å². The molecule has 0 fully saturated rings. The lowest BCUT2D eigenvalue weighted by molar-refractivity contribution is -0.136. The van der Waals surface area contributed by atoms with Crippen LogP contribution in [-0.2, 0) is 9.59 Å². The first-order valence-corrected chi connectivity index (χ1v) is 9.86. The highest BCUT2D eigenvalue weighted by molar-refractivity contribution is 6.36. The van der Waals surface area contributed by atoms with Gasteiger partial charge in [-0.05, 0) is 43.2 Å². The van der Waals surface area contributed by atoms with E-state index in [1.807, 2.05) is 13.8 Å². The molecule has 0 radical (unpaired) electrons. The first-order valence-electron chi connectivity index (χ1n) is 9.86. The first-order chi connectivity index (χ1) is 14.5. The van der Waals surface area contributed by atoms with E-state index >= 15 is 0 Å². The quantitative estimate of drug-likeness (QED) is 0.635. The van der Waals surface area contributed by atoms with Gasteiger partial charge in [0.1, 0.15) is 22.9 Å². The summed E-state index contributed by atoms with van der Waals surface area (Å²) in [5.74, 6) is 1.14. The molecule has 3 rings (SSSR count). The molecule has 0 bridgehead atoms. The van der Waals surface area contributed by atoms with Gasteiger partial charge in [0.25, 0.3) is 11.8 Å². The van der Waals surface area contributed by atoms with E-state index in [9.17, 15) is 9.59 Å². The average molecular weight is 410 g/mol. The number of nitrogens with zero attached hydrogens (tertiary/aromatic N) is 1. The van der Waals surface area contributed by atoms with Gasteiger partial charge in [-0.3, -0.25) is 14.5 Å². The molecule has 0 aromatic heterocycles. The van der Waals surface area contributed by atoms with E-state index in [1.54, 1.807) is 56.7 Å². The number of anilines is 1. The van der Waals surface area contributed by atoms with Crippen molar-refractivity contribution in [3.8, 4) is 17.2 Å². The minimum Gasteiger partial charge on any atom is -0.497 e. The Labute approximate surface area is 176 Å². The monoisotopic (exact) mass is 410 g/mol. The zero-order chi connectivity index (χ0) is 21.7. The maximum Gasteiger partial charge on any atom is 0.278 e. The van der Waals surface area contributed by atoms with Crippen LogP contribution in [0.25, 0.3) is 5.57 Å². The summed E-state index contributed by atoms with van der Waals surface area (Å²) in [4.78, 5) is 27.5. The Kier molecular flexibility index (Phi) is 6.61. The number of carbonyl (C=O) groups excluding carboxylic acids is 2. The van der Waals surface area contributed by atoms with Crippen molar-refractivity contribution in [2.75, 3.05) is 32.7 Å². The van der Waals surface area contributed by atoms with Gasteiger partial charge in [-0.15, -0.1) is 0 Å². The molecule has 2 aromatic carbocycles. The summed E-state index contributed by atoms with van der Waals surface area (Å²) >= 11 is 0. The van der Waals surface area contributed by atoms with Gasteiger partial charge in [0.05, 0.1) is 32.1 Å². The Morgan fingerprint density at radius 3 is 2.20 bits per heavy atom. The van der Waals surface area contributed by atoms with Gasteiger partial charge >= 0.3 is 0 Å². The van der Waals surface area contributed by atoms with Gasteiger partial charge in [0, 0.05) is 12.6 Å². The molecule has 0 unspecified atom stereocenters. The molecule has 2 aromatic rings. The molecule has 1 aliphatic rings. The number of rotatable bonds is 9. The summed E-state index contributed by atoms with van der Waals surface area (Å²) in [6.07, 6.45) is 0.670. The van der Waals surface area contributed by atoms with Crippen LogP contribution in [0.4, 0.5) is 5.69 Å². The van der Waals surface area contributed by atoms with Crippen molar-refractivity contribution in [2.24, 2.45) is 0 Å². The lowest BCUT2D eigenvalue weighted by atomic mass is 10.0. The lowest BCUT2D eigenvalue weighted by Crippen LogP contribution is -2.33. The lowest BCUT2D eigenvalue weighted by Gasteiger charge is -2.15. The average Bonchev–Trinajstić information content (AvgIpc) is 2.99. The van der Waals surface area contributed by atoms with Crippen LogP contribution in [-0.4, -0.2) is 44.1 Å². The Balaban J connectivity index is 2.08. The number of hydrogen-bond acceptors (Lipinski definition) is 6. The molecule has 1 N–H and O–H groups in total. The molecule has 30 heavy (non-hydrogen) atoms. The minimum atomic E-state index is -0.365. The van der Waals surface area contributed by atoms with Crippen LogP contribution in [0.1, 0.15) is 25.8 Å². The molecule has 1 heterocycles. The molecule has 7 heteroatoms. The number of ether oxygens (including phenoxy) is 3. The van der Waals surface area contributed by atoms with Crippen molar-refractivity contribution < 1.29 is 23.8 Å². The second-order valence-electron chi connectivity index (χ2n) is 6.66. The first kappa shape index (κ1) is 21.2. The fraction of sp³-hybridized carbons (Fsp3) is 0.304. The van der Waals surface area contributed by atoms with E-state index in [0.717, 1.165) is 0 Å². The predicted molar refractivity (Wildman–Crippen MR) is 115 cm³/mol. The molecule has 0 aliphatic carbocycles. The van der Waals surface area contributed by atoms with Crippen molar-refractivity contribution >= 4 is 23.1 Å². The molecular weight excluding hydrogens is 384 g/mol. The zero-order valence-corrected chi connectivity index (χ0v) is 17.7. The van der Waals surface area contributed by atoms with Gasteiger partial charge in [-0.1, -0.05) is 19.1 Å². The molecule has 1 aliphatic heterocycles. The summed E-state index contributed by atoms with van der Waals surface area (Å²) in [5.41, 5.74) is 1.71. The van der Waals surface area contributed by atoms with Crippen molar-refractivity contribution in [1.29, 1.82) is 0 Å². The number of imide groups is 1. The SMILES string of the molecule is CCCN1C(=O)C(Nc2cc(OC)ccc2OC)=C(c2ccc(OCC)cc2)C1=O. The highest BCUT2D eigenvalue weighted by Gasteiger charge is 2.39. The maximum absolute atomic E-state index is 13.1. The molecule has 158 valence electrons. The van der Waals surface area contributed by atoms with Crippen molar-refractivity contribution in [2.45, 2.75) is 20.3 Å². The fourth-order valence-electron chi connectivity index (χ4n) is 3.32. The third-order valence-corrected chi connectivity index (χ3v) is 4.74. The summed E-state index contributed by atoms with van der Waals surface area (Å²) in [7, 11) is 3.10. The number of nitrogens with one attached hydrogen (secondary N) is 1. The van der Waals surface area contributed by atoms with Crippen LogP contribution in [0.5, 0.6) is 17.2 Å². The number of carbonyl (C=O) groups is 2. The summed E-state index contributed by atoms with van der Waals surface area (Å²) in [6, 6.07) is 12.4. The maximum atomic E-state index is 13.1. The Morgan fingerprint density at radius 1 is 0.900 bits per heavy atom. The second kappa shape index (κ2) is 9.35. The number of hydrogen-bond donors (Lipinski definition) is 1. The second-order valence-corrected chi connectivity index (χ2v) is 6.66.